The summed E-state index contributed by atoms with van der Waals surface area (Å²) in [6.07, 6.45) is 5.08. The molecule has 1 amide bonds. The Bertz CT molecular complexity index is 988. The van der Waals surface area contributed by atoms with Gasteiger partial charge in [-0.2, -0.15) is 0 Å². The normalized spacial score (nSPS) is 10.4. The van der Waals surface area contributed by atoms with Gasteiger partial charge >= 0.3 is 0 Å². The van der Waals surface area contributed by atoms with E-state index < -0.39 is 4.92 Å². The van der Waals surface area contributed by atoms with Crippen LogP contribution in [0.1, 0.15) is 0 Å². The van der Waals surface area contributed by atoms with Crippen molar-refractivity contribution in [1.29, 1.82) is 0 Å². The third-order valence-electron chi connectivity index (χ3n) is 3.66. The number of nitro groups is 1. The van der Waals surface area contributed by atoms with E-state index in [1.807, 2.05) is 16.7 Å². The van der Waals surface area contributed by atoms with Crippen molar-refractivity contribution in [2.45, 2.75) is 11.7 Å². The van der Waals surface area contributed by atoms with Crippen molar-refractivity contribution < 1.29 is 9.72 Å². The SMILES string of the molecule is C=CCn1c(SCC(=O)Nc2ccc([N+](=O)[O-])cc2)nnc1-c1ccncc1. The van der Waals surface area contributed by atoms with Gasteiger partial charge < -0.3 is 5.32 Å². The third-order valence-corrected chi connectivity index (χ3v) is 4.63. The second kappa shape index (κ2) is 8.91. The summed E-state index contributed by atoms with van der Waals surface area (Å²) >= 11 is 1.24. The molecule has 28 heavy (non-hydrogen) atoms. The van der Waals surface area contributed by atoms with E-state index in [0.717, 1.165) is 5.56 Å². The summed E-state index contributed by atoms with van der Waals surface area (Å²) in [7, 11) is 0. The van der Waals surface area contributed by atoms with Crippen molar-refractivity contribution in [2.75, 3.05) is 11.1 Å². The van der Waals surface area contributed by atoms with Gasteiger partial charge in [-0.15, -0.1) is 16.8 Å². The lowest BCUT2D eigenvalue weighted by Gasteiger charge is -2.08. The van der Waals surface area contributed by atoms with E-state index in [4.69, 9.17) is 0 Å². The molecule has 0 spiro atoms. The lowest BCUT2D eigenvalue weighted by Crippen LogP contribution is -2.14. The second-order valence-electron chi connectivity index (χ2n) is 5.58. The van der Waals surface area contributed by atoms with Gasteiger partial charge in [0, 0.05) is 42.3 Å². The van der Waals surface area contributed by atoms with Crippen LogP contribution in [-0.2, 0) is 11.3 Å². The van der Waals surface area contributed by atoms with Crippen molar-refractivity contribution in [3.63, 3.8) is 0 Å². The third kappa shape index (κ3) is 4.60. The minimum Gasteiger partial charge on any atom is -0.325 e. The van der Waals surface area contributed by atoms with Crippen LogP contribution in [0.15, 0.2) is 66.6 Å². The van der Waals surface area contributed by atoms with Crippen molar-refractivity contribution in [3.8, 4) is 11.4 Å². The number of hydrogen-bond acceptors (Lipinski definition) is 7. The number of rotatable bonds is 8. The summed E-state index contributed by atoms with van der Waals surface area (Å²) in [4.78, 5) is 26.4. The molecule has 9 nitrogen and oxygen atoms in total. The van der Waals surface area contributed by atoms with Gasteiger partial charge in [-0.3, -0.25) is 24.5 Å². The average molecular weight is 396 g/mol. The predicted octanol–water partition coefficient (Wildman–Crippen LogP) is 3.17. The highest BCUT2D eigenvalue weighted by Gasteiger charge is 2.15. The largest absolute Gasteiger partial charge is 0.325 e. The minimum atomic E-state index is -0.492. The van der Waals surface area contributed by atoms with Gasteiger partial charge in [-0.1, -0.05) is 17.8 Å². The number of carbonyl (C=O) groups excluding carboxylic acids is 1. The van der Waals surface area contributed by atoms with Gasteiger partial charge in [-0.25, -0.2) is 0 Å². The number of nitrogens with zero attached hydrogens (tertiary/aromatic N) is 5. The first-order chi connectivity index (χ1) is 13.6. The number of benzene rings is 1. The monoisotopic (exact) mass is 396 g/mol. The van der Waals surface area contributed by atoms with Crippen molar-refractivity contribution in [3.05, 3.63) is 71.6 Å². The molecule has 0 saturated heterocycles. The second-order valence-corrected chi connectivity index (χ2v) is 6.52. The molecule has 0 aliphatic heterocycles. The number of nitro benzene ring substituents is 1. The molecular weight excluding hydrogens is 380 g/mol. The number of anilines is 1. The average Bonchev–Trinajstić information content (AvgIpc) is 3.10. The van der Waals surface area contributed by atoms with Gasteiger partial charge in [0.15, 0.2) is 11.0 Å². The fourth-order valence-electron chi connectivity index (χ4n) is 2.40. The van der Waals surface area contributed by atoms with Crippen LogP contribution in [0.4, 0.5) is 11.4 Å². The molecule has 0 aliphatic carbocycles. The Hall–Kier alpha value is -3.53. The molecule has 2 heterocycles. The van der Waals surface area contributed by atoms with Crippen LogP contribution in [0.25, 0.3) is 11.4 Å². The van der Waals surface area contributed by atoms with Gasteiger partial charge in [0.1, 0.15) is 0 Å². The summed E-state index contributed by atoms with van der Waals surface area (Å²) in [5.41, 5.74) is 1.32. The Morgan fingerprint density at radius 2 is 1.93 bits per heavy atom. The van der Waals surface area contributed by atoms with E-state index in [0.29, 0.717) is 23.2 Å². The maximum atomic E-state index is 12.2. The minimum absolute atomic E-state index is 0.0338. The molecule has 10 heteroatoms. The van der Waals surface area contributed by atoms with Gasteiger partial charge in [0.05, 0.1) is 10.7 Å². The molecule has 0 fully saturated rings. The topological polar surface area (TPSA) is 116 Å². The highest BCUT2D eigenvalue weighted by Crippen LogP contribution is 2.24. The summed E-state index contributed by atoms with van der Waals surface area (Å²) in [6.45, 7) is 4.25. The zero-order valence-electron chi connectivity index (χ0n) is 14.7. The predicted molar refractivity (Wildman–Crippen MR) is 106 cm³/mol. The van der Waals surface area contributed by atoms with Gasteiger partial charge in [-0.05, 0) is 24.3 Å². The number of pyridine rings is 1. The first-order valence-corrected chi connectivity index (χ1v) is 9.18. The van der Waals surface area contributed by atoms with Crippen molar-refractivity contribution >= 4 is 29.0 Å². The highest BCUT2D eigenvalue weighted by molar-refractivity contribution is 7.99. The number of nitrogens with one attached hydrogen (secondary N) is 1. The van der Waals surface area contributed by atoms with Crippen LogP contribution in [0, 0.1) is 10.1 Å². The summed E-state index contributed by atoms with van der Waals surface area (Å²) in [5.74, 6) is 0.529. The number of hydrogen-bond donors (Lipinski definition) is 1. The van der Waals surface area contributed by atoms with Crippen molar-refractivity contribution in [1.82, 2.24) is 19.7 Å². The first kappa shape index (κ1) is 19.2. The molecule has 0 atom stereocenters. The number of carbonyl (C=O) groups is 1. The lowest BCUT2D eigenvalue weighted by molar-refractivity contribution is -0.384. The highest BCUT2D eigenvalue weighted by atomic mass is 32.2. The van der Waals surface area contributed by atoms with Gasteiger partial charge in [0.2, 0.25) is 5.91 Å². The molecule has 3 rings (SSSR count). The molecule has 142 valence electrons. The molecule has 2 aromatic heterocycles. The smallest absolute Gasteiger partial charge is 0.269 e. The molecule has 0 bridgehead atoms. The molecular formula is C18H16N6O3S. The standard InChI is InChI=1S/C18H16N6O3S/c1-2-11-23-17(13-7-9-19-10-8-13)21-22-18(23)28-12-16(25)20-14-3-5-15(6-4-14)24(26)27/h2-10H,1,11-12H2,(H,20,25). The van der Waals surface area contributed by atoms with E-state index >= 15 is 0 Å². The Balaban J connectivity index is 1.66. The number of allylic oxidation sites excluding steroid dienone is 1. The summed E-state index contributed by atoms with van der Waals surface area (Å²) in [5, 5.41) is 22.3. The maximum absolute atomic E-state index is 12.2. The summed E-state index contributed by atoms with van der Waals surface area (Å²) in [6, 6.07) is 9.32. The summed E-state index contributed by atoms with van der Waals surface area (Å²) < 4.78 is 1.87. The first-order valence-electron chi connectivity index (χ1n) is 8.20. The van der Waals surface area contributed by atoms with E-state index in [1.165, 1.54) is 36.0 Å². The number of amides is 1. The Kier molecular flexibility index (Phi) is 6.12. The van der Waals surface area contributed by atoms with Crippen LogP contribution in [0.2, 0.25) is 0 Å². The van der Waals surface area contributed by atoms with E-state index in [9.17, 15) is 14.9 Å². The quantitative estimate of drug-likeness (QED) is 0.269. The number of thioether (sulfide) groups is 1. The molecule has 0 aliphatic rings. The molecule has 1 N–H and O–H groups in total. The molecule has 3 aromatic rings. The number of aromatic nitrogens is 4. The fourth-order valence-corrected chi connectivity index (χ4v) is 3.15. The maximum Gasteiger partial charge on any atom is 0.269 e. The zero-order valence-corrected chi connectivity index (χ0v) is 15.5. The van der Waals surface area contributed by atoms with Crippen LogP contribution < -0.4 is 5.32 Å². The van der Waals surface area contributed by atoms with E-state index in [1.54, 1.807) is 18.5 Å². The Morgan fingerprint density at radius 3 is 2.57 bits per heavy atom. The number of non-ortho nitro benzene ring substituents is 1. The van der Waals surface area contributed by atoms with Crippen LogP contribution in [0.3, 0.4) is 0 Å². The molecule has 0 unspecified atom stereocenters. The van der Waals surface area contributed by atoms with Crippen LogP contribution >= 0.6 is 11.8 Å². The van der Waals surface area contributed by atoms with E-state index in [-0.39, 0.29) is 17.3 Å². The molecule has 1 aromatic carbocycles. The fraction of sp³-hybridized carbons (Fsp3) is 0.111. The van der Waals surface area contributed by atoms with Gasteiger partial charge in [0.25, 0.3) is 5.69 Å². The molecule has 0 saturated carbocycles. The van der Waals surface area contributed by atoms with Crippen LogP contribution in [-0.4, -0.2) is 36.3 Å². The van der Waals surface area contributed by atoms with E-state index in [2.05, 4.69) is 27.1 Å². The van der Waals surface area contributed by atoms with Crippen molar-refractivity contribution in [2.24, 2.45) is 0 Å². The zero-order chi connectivity index (χ0) is 19.9. The molecule has 0 radical (unpaired) electrons. The Labute approximate surface area is 164 Å². The van der Waals surface area contributed by atoms with Crippen LogP contribution in [0.5, 0.6) is 0 Å². The Morgan fingerprint density at radius 1 is 1.21 bits per heavy atom. The lowest BCUT2D eigenvalue weighted by atomic mass is 10.2.